The molecule has 0 saturated carbocycles. The first kappa shape index (κ1) is 22.5. The summed E-state index contributed by atoms with van der Waals surface area (Å²) >= 11 is 0. The van der Waals surface area contributed by atoms with Gasteiger partial charge in [-0.3, -0.25) is 0 Å². The fraction of sp³-hybridized carbons (Fsp3) is 0.0625. The summed E-state index contributed by atoms with van der Waals surface area (Å²) in [5.74, 6) is 13.9. The van der Waals surface area contributed by atoms with Gasteiger partial charge in [0, 0.05) is 11.1 Å². The Morgan fingerprint density at radius 2 is 0.941 bits per heavy atom. The minimum atomic E-state index is 0.533. The van der Waals surface area contributed by atoms with Gasteiger partial charge < -0.3 is 9.47 Å². The molecule has 0 saturated heterocycles. The van der Waals surface area contributed by atoms with Crippen LogP contribution in [0.3, 0.4) is 0 Å². The molecule has 0 atom stereocenters. The highest BCUT2D eigenvalue weighted by atomic mass is 16.5. The second-order valence-corrected chi connectivity index (χ2v) is 7.48. The van der Waals surface area contributed by atoms with Gasteiger partial charge in [0.2, 0.25) is 0 Å². The lowest BCUT2D eigenvalue weighted by Crippen LogP contribution is -1.95. The minimum Gasteiger partial charge on any atom is -0.489 e. The Hall–Kier alpha value is -4.66. The van der Waals surface area contributed by atoms with Crippen LogP contribution in [-0.2, 0) is 13.2 Å². The van der Waals surface area contributed by atoms with Gasteiger partial charge >= 0.3 is 0 Å². The topological polar surface area (TPSA) is 18.5 Å². The molecular formula is C32H24O2. The molecule has 2 heteroatoms. The van der Waals surface area contributed by atoms with Crippen LogP contribution in [0.15, 0.2) is 121 Å². The summed E-state index contributed by atoms with van der Waals surface area (Å²) in [4.78, 5) is 0. The first-order chi connectivity index (χ1) is 16.8. The Balaban J connectivity index is 1.29. The van der Waals surface area contributed by atoms with Gasteiger partial charge in [0.25, 0.3) is 0 Å². The summed E-state index contributed by atoms with van der Waals surface area (Å²) < 4.78 is 11.7. The molecule has 34 heavy (non-hydrogen) atoms. The predicted octanol–water partition coefficient (Wildman–Crippen LogP) is 6.80. The van der Waals surface area contributed by atoms with Crippen LogP contribution in [0.1, 0.15) is 22.3 Å². The van der Waals surface area contributed by atoms with Crippen molar-refractivity contribution in [1.82, 2.24) is 0 Å². The quantitative estimate of drug-likeness (QED) is 0.307. The van der Waals surface area contributed by atoms with Crippen LogP contribution >= 0.6 is 0 Å². The molecule has 0 radical (unpaired) electrons. The van der Waals surface area contributed by atoms with Gasteiger partial charge in [-0.15, -0.1) is 0 Å². The molecule has 4 aromatic rings. The van der Waals surface area contributed by atoms with Crippen LogP contribution in [0.4, 0.5) is 0 Å². The van der Waals surface area contributed by atoms with Gasteiger partial charge in [0.15, 0.2) is 0 Å². The molecule has 0 fully saturated rings. The van der Waals surface area contributed by atoms with E-state index < -0.39 is 0 Å². The highest BCUT2D eigenvalue weighted by Crippen LogP contribution is 2.15. The molecule has 0 aliphatic rings. The van der Waals surface area contributed by atoms with Gasteiger partial charge in [-0.25, -0.2) is 0 Å². The molecule has 4 aromatic carbocycles. The molecule has 0 spiro atoms. The zero-order valence-electron chi connectivity index (χ0n) is 18.8. The Bertz CT molecular complexity index is 1240. The highest BCUT2D eigenvalue weighted by molar-refractivity contribution is 5.44. The number of benzene rings is 4. The predicted molar refractivity (Wildman–Crippen MR) is 137 cm³/mol. The molecule has 0 heterocycles. The van der Waals surface area contributed by atoms with Crippen LogP contribution in [-0.4, -0.2) is 0 Å². The summed E-state index contributed by atoms with van der Waals surface area (Å²) in [6.45, 7) is 1.07. The third-order valence-electron chi connectivity index (χ3n) is 4.85. The summed E-state index contributed by atoms with van der Waals surface area (Å²) in [6, 6.07) is 35.8. The van der Waals surface area contributed by atoms with Crippen LogP contribution in [0.5, 0.6) is 11.5 Å². The average Bonchev–Trinajstić information content (AvgIpc) is 2.90. The first-order valence-corrected chi connectivity index (χ1v) is 11.1. The monoisotopic (exact) mass is 440 g/mol. The summed E-state index contributed by atoms with van der Waals surface area (Å²) in [6.07, 6.45) is 3.50. The highest BCUT2D eigenvalue weighted by Gasteiger charge is 1.97. The van der Waals surface area contributed by atoms with E-state index in [1.54, 1.807) is 12.2 Å². The number of allylic oxidation sites excluding steroid dienone is 2. The average molecular weight is 441 g/mol. The van der Waals surface area contributed by atoms with E-state index in [4.69, 9.17) is 9.47 Å². The fourth-order valence-corrected chi connectivity index (χ4v) is 3.14. The molecule has 0 bridgehead atoms. The Morgan fingerprint density at radius 3 is 1.38 bits per heavy atom. The minimum absolute atomic E-state index is 0.533. The van der Waals surface area contributed by atoms with E-state index in [-0.39, 0.29) is 0 Å². The van der Waals surface area contributed by atoms with Gasteiger partial charge in [-0.05, 0) is 59.7 Å². The summed E-state index contributed by atoms with van der Waals surface area (Å²) in [7, 11) is 0. The maximum atomic E-state index is 5.86. The van der Waals surface area contributed by atoms with Crippen molar-refractivity contribution in [3.05, 3.63) is 144 Å². The van der Waals surface area contributed by atoms with Crippen molar-refractivity contribution in [2.24, 2.45) is 0 Å². The number of hydrogen-bond acceptors (Lipinski definition) is 2. The molecule has 0 aliphatic carbocycles. The number of rotatable bonds is 6. The van der Waals surface area contributed by atoms with Gasteiger partial charge in [0.05, 0.1) is 0 Å². The smallest absolute Gasteiger partial charge is 0.121 e. The van der Waals surface area contributed by atoms with Crippen LogP contribution in [0.2, 0.25) is 0 Å². The zero-order valence-corrected chi connectivity index (χ0v) is 18.8. The fourth-order valence-electron chi connectivity index (χ4n) is 3.14. The standard InChI is InChI=1S/C32H24O2/c1(5-13-27-19-11-21-31(23-27)33-25-29-15-7-3-8-16-29)2-6-14-28-20-12-22-32(24-28)34-26-30-17-9-4-10-18-30/h1-4,7-12,15-24H,25-26H2/b2-1+. The van der Waals surface area contributed by atoms with Crippen molar-refractivity contribution >= 4 is 0 Å². The molecule has 2 nitrogen and oxygen atoms in total. The maximum absolute atomic E-state index is 5.86. The molecule has 0 unspecified atom stereocenters. The molecule has 0 amide bonds. The molecule has 0 aliphatic heterocycles. The van der Waals surface area contributed by atoms with E-state index in [1.165, 1.54) is 0 Å². The Labute approximate surface area is 201 Å². The van der Waals surface area contributed by atoms with Crippen molar-refractivity contribution in [3.8, 4) is 35.2 Å². The lowest BCUT2D eigenvalue weighted by Gasteiger charge is -2.06. The summed E-state index contributed by atoms with van der Waals surface area (Å²) in [5.41, 5.74) is 4.06. The van der Waals surface area contributed by atoms with E-state index in [1.807, 2.05) is 109 Å². The largest absolute Gasteiger partial charge is 0.489 e. The third-order valence-corrected chi connectivity index (χ3v) is 4.85. The molecule has 164 valence electrons. The normalized spacial score (nSPS) is 10.0. The Kier molecular flexibility index (Phi) is 8.21. The van der Waals surface area contributed by atoms with Crippen molar-refractivity contribution in [2.45, 2.75) is 13.2 Å². The van der Waals surface area contributed by atoms with E-state index in [2.05, 4.69) is 23.7 Å². The zero-order chi connectivity index (χ0) is 23.3. The van der Waals surface area contributed by atoms with E-state index in [9.17, 15) is 0 Å². The third kappa shape index (κ3) is 7.49. The van der Waals surface area contributed by atoms with Crippen molar-refractivity contribution in [2.75, 3.05) is 0 Å². The summed E-state index contributed by atoms with van der Waals surface area (Å²) in [5, 5.41) is 0. The van der Waals surface area contributed by atoms with Gasteiger partial charge in [-0.2, -0.15) is 0 Å². The maximum Gasteiger partial charge on any atom is 0.121 e. The Morgan fingerprint density at radius 1 is 0.500 bits per heavy atom. The van der Waals surface area contributed by atoms with E-state index >= 15 is 0 Å². The first-order valence-electron chi connectivity index (χ1n) is 11.1. The van der Waals surface area contributed by atoms with Crippen LogP contribution in [0.25, 0.3) is 0 Å². The second kappa shape index (κ2) is 12.4. The lowest BCUT2D eigenvalue weighted by atomic mass is 10.2. The molecule has 4 rings (SSSR count). The van der Waals surface area contributed by atoms with E-state index in [0.29, 0.717) is 13.2 Å². The van der Waals surface area contributed by atoms with Crippen molar-refractivity contribution < 1.29 is 9.47 Å². The molecular weight excluding hydrogens is 416 g/mol. The number of ether oxygens (including phenoxy) is 2. The molecule has 0 aromatic heterocycles. The van der Waals surface area contributed by atoms with Gasteiger partial charge in [0.1, 0.15) is 24.7 Å². The van der Waals surface area contributed by atoms with Gasteiger partial charge in [-0.1, -0.05) is 96.5 Å². The second-order valence-electron chi connectivity index (χ2n) is 7.48. The van der Waals surface area contributed by atoms with Crippen LogP contribution < -0.4 is 9.47 Å². The molecule has 0 N–H and O–H groups in total. The van der Waals surface area contributed by atoms with Crippen molar-refractivity contribution in [1.29, 1.82) is 0 Å². The SMILES string of the molecule is C(#Cc1cccc(OCc2ccccc2)c1)/C=C/C#Cc1cccc(OCc2ccccc2)c1. The van der Waals surface area contributed by atoms with E-state index in [0.717, 1.165) is 33.8 Å². The van der Waals surface area contributed by atoms with Crippen LogP contribution in [0, 0.1) is 23.7 Å². The number of hydrogen-bond donors (Lipinski definition) is 0. The van der Waals surface area contributed by atoms with Crippen molar-refractivity contribution in [3.63, 3.8) is 0 Å². The lowest BCUT2D eigenvalue weighted by molar-refractivity contribution is 0.306.